The fraction of sp³-hybridized carbons (Fsp3) is 0.750. The van der Waals surface area contributed by atoms with Gasteiger partial charge in [0.1, 0.15) is 12.2 Å². The second-order valence-electron chi connectivity index (χ2n) is 3.14. The third kappa shape index (κ3) is 2.19. The number of aldehydes is 1. The molecule has 5 heteroatoms. The van der Waals surface area contributed by atoms with Gasteiger partial charge in [0.25, 0.3) is 0 Å². The van der Waals surface area contributed by atoms with Crippen LogP contribution in [0.1, 0.15) is 12.8 Å². The van der Waals surface area contributed by atoms with Gasteiger partial charge in [-0.25, -0.2) is 0 Å². The van der Waals surface area contributed by atoms with Gasteiger partial charge in [0.15, 0.2) is 0 Å². The van der Waals surface area contributed by atoms with Gasteiger partial charge in [-0.15, -0.1) is 11.6 Å². The van der Waals surface area contributed by atoms with E-state index in [9.17, 15) is 9.59 Å². The molecule has 4 nitrogen and oxygen atoms in total. The van der Waals surface area contributed by atoms with Crippen molar-refractivity contribution in [3.05, 3.63) is 0 Å². The maximum absolute atomic E-state index is 11.3. The van der Waals surface area contributed by atoms with Crippen molar-refractivity contribution in [2.45, 2.75) is 24.9 Å². The normalized spacial score (nSPS) is 24.5. The minimum Gasteiger partial charge on any atom is -0.337 e. The lowest BCUT2D eigenvalue weighted by molar-refractivity contribution is -0.130. The predicted octanol–water partition coefficient (Wildman–Crippen LogP) is -0.258. The number of nitrogens with two attached hydrogens (primary N) is 1. The Balaban J connectivity index is 2.63. The van der Waals surface area contributed by atoms with Crippen molar-refractivity contribution in [1.82, 2.24) is 4.90 Å². The number of rotatable bonds is 3. The molecule has 0 radical (unpaired) electrons. The summed E-state index contributed by atoms with van der Waals surface area (Å²) >= 11 is 5.42. The Hall–Kier alpha value is -0.610. The average molecular weight is 205 g/mol. The van der Waals surface area contributed by atoms with Crippen LogP contribution in [0.2, 0.25) is 0 Å². The lowest BCUT2D eigenvalue weighted by Gasteiger charge is -2.25. The number of alkyl halides is 1. The molecule has 0 spiro atoms. The van der Waals surface area contributed by atoms with Crippen LogP contribution in [-0.2, 0) is 9.59 Å². The van der Waals surface area contributed by atoms with Gasteiger partial charge < -0.3 is 15.4 Å². The van der Waals surface area contributed by atoms with Crippen LogP contribution < -0.4 is 5.73 Å². The van der Waals surface area contributed by atoms with Crippen molar-refractivity contribution in [2.24, 2.45) is 5.73 Å². The third-order valence-corrected chi connectivity index (χ3v) is 2.56. The van der Waals surface area contributed by atoms with Crippen LogP contribution in [0.15, 0.2) is 0 Å². The summed E-state index contributed by atoms with van der Waals surface area (Å²) in [7, 11) is 0. The van der Waals surface area contributed by atoms with Crippen molar-refractivity contribution in [3.8, 4) is 0 Å². The highest BCUT2D eigenvalue weighted by Gasteiger charge is 2.32. The standard InChI is InChI=1S/C8H13ClN2O2/c9-4-8(13)11-3-1-2-7(11)6(10)5-12/h5-7H,1-4,10H2. The monoisotopic (exact) mass is 204 g/mol. The Kier molecular flexibility index (Phi) is 3.69. The van der Waals surface area contributed by atoms with E-state index in [1.165, 1.54) is 0 Å². The van der Waals surface area contributed by atoms with Crippen LogP contribution in [0.5, 0.6) is 0 Å². The fourth-order valence-corrected chi connectivity index (χ4v) is 1.82. The molecule has 0 aromatic heterocycles. The quantitative estimate of drug-likeness (QED) is 0.509. The molecule has 1 saturated heterocycles. The molecule has 1 amide bonds. The first-order valence-corrected chi connectivity index (χ1v) is 4.80. The lowest BCUT2D eigenvalue weighted by Crippen LogP contribution is -2.48. The molecule has 1 aliphatic rings. The van der Waals surface area contributed by atoms with E-state index in [0.717, 1.165) is 12.8 Å². The maximum Gasteiger partial charge on any atom is 0.237 e. The highest BCUT2D eigenvalue weighted by atomic mass is 35.5. The smallest absolute Gasteiger partial charge is 0.237 e. The molecule has 0 bridgehead atoms. The van der Waals surface area contributed by atoms with E-state index in [1.807, 2.05) is 0 Å². The zero-order valence-corrected chi connectivity index (χ0v) is 8.04. The topological polar surface area (TPSA) is 63.4 Å². The Bertz CT molecular complexity index is 210. The van der Waals surface area contributed by atoms with Gasteiger partial charge in [0.05, 0.1) is 12.1 Å². The number of nitrogens with zero attached hydrogens (tertiary/aromatic N) is 1. The molecule has 2 atom stereocenters. The molecule has 1 heterocycles. The van der Waals surface area contributed by atoms with Crippen molar-refractivity contribution < 1.29 is 9.59 Å². The van der Waals surface area contributed by atoms with Gasteiger partial charge in [-0.3, -0.25) is 4.79 Å². The van der Waals surface area contributed by atoms with E-state index in [-0.39, 0.29) is 17.8 Å². The van der Waals surface area contributed by atoms with Crippen molar-refractivity contribution in [1.29, 1.82) is 0 Å². The van der Waals surface area contributed by atoms with Crippen LogP contribution >= 0.6 is 11.6 Å². The number of carbonyl (C=O) groups is 2. The zero-order chi connectivity index (χ0) is 9.84. The van der Waals surface area contributed by atoms with E-state index >= 15 is 0 Å². The number of halogens is 1. The van der Waals surface area contributed by atoms with Gasteiger partial charge in [-0.1, -0.05) is 0 Å². The lowest BCUT2D eigenvalue weighted by atomic mass is 10.1. The number of likely N-dealkylation sites (tertiary alicyclic amines) is 1. The van der Waals surface area contributed by atoms with Crippen molar-refractivity contribution in [3.63, 3.8) is 0 Å². The largest absolute Gasteiger partial charge is 0.337 e. The van der Waals surface area contributed by atoms with Crippen LogP contribution in [0.25, 0.3) is 0 Å². The van der Waals surface area contributed by atoms with Gasteiger partial charge in [-0.05, 0) is 12.8 Å². The van der Waals surface area contributed by atoms with E-state index in [0.29, 0.717) is 12.8 Å². The Labute approximate surface area is 82.0 Å². The summed E-state index contributed by atoms with van der Waals surface area (Å²) in [5.74, 6) is -0.177. The summed E-state index contributed by atoms with van der Waals surface area (Å²) in [5, 5.41) is 0. The molecule has 1 aliphatic heterocycles. The van der Waals surface area contributed by atoms with E-state index in [4.69, 9.17) is 17.3 Å². The second-order valence-corrected chi connectivity index (χ2v) is 3.41. The van der Waals surface area contributed by atoms with Crippen LogP contribution in [-0.4, -0.2) is 41.6 Å². The summed E-state index contributed by atoms with van der Waals surface area (Å²) < 4.78 is 0. The molecule has 0 aromatic carbocycles. The third-order valence-electron chi connectivity index (χ3n) is 2.34. The molecule has 1 fully saturated rings. The predicted molar refractivity (Wildman–Crippen MR) is 49.5 cm³/mol. The Morgan fingerprint density at radius 3 is 3.00 bits per heavy atom. The summed E-state index contributed by atoms with van der Waals surface area (Å²) in [4.78, 5) is 23.3. The molecule has 1 rings (SSSR count). The first kappa shape index (κ1) is 10.5. The van der Waals surface area contributed by atoms with Gasteiger partial charge in [-0.2, -0.15) is 0 Å². The highest BCUT2D eigenvalue weighted by molar-refractivity contribution is 6.27. The second kappa shape index (κ2) is 4.58. The number of carbonyl (C=O) groups excluding carboxylic acids is 2. The molecule has 0 saturated carbocycles. The van der Waals surface area contributed by atoms with Crippen LogP contribution in [0.4, 0.5) is 0 Å². The van der Waals surface area contributed by atoms with Gasteiger partial charge >= 0.3 is 0 Å². The van der Waals surface area contributed by atoms with Crippen molar-refractivity contribution >= 4 is 23.8 Å². The Morgan fingerprint density at radius 2 is 2.46 bits per heavy atom. The minimum atomic E-state index is -0.574. The molecular weight excluding hydrogens is 192 g/mol. The van der Waals surface area contributed by atoms with E-state index in [1.54, 1.807) is 4.90 Å². The molecule has 2 unspecified atom stereocenters. The van der Waals surface area contributed by atoms with Gasteiger partial charge in [0, 0.05) is 6.54 Å². The summed E-state index contributed by atoms with van der Waals surface area (Å²) in [5.41, 5.74) is 5.56. The maximum atomic E-state index is 11.3. The summed E-state index contributed by atoms with van der Waals surface area (Å²) in [6.45, 7) is 0.664. The average Bonchev–Trinajstić information content (AvgIpc) is 2.63. The SMILES string of the molecule is NC(C=O)C1CCCN1C(=O)CCl. The van der Waals surface area contributed by atoms with Crippen molar-refractivity contribution in [2.75, 3.05) is 12.4 Å². The molecule has 2 N–H and O–H groups in total. The Morgan fingerprint density at radius 1 is 1.77 bits per heavy atom. The molecule has 74 valence electrons. The minimum absolute atomic E-state index is 0.0396. The van der Waals surface area contributed by atoms with Crippen LogP contribution in [0.3, 0.4) is 0 Å². The highest BCUT2D eigenvalue weighted by Crippen LogP contribution is 2.19. The molecule has 0 aliphatic carbocycles. The number of amides is 1. The van der Waals surface area contributed by atoms with E-state index in [2.05, 4.69) is 0 Å². The summed E-state index contributed by atoms with van der Waals surface area (Å²) in [6.07, 6.45) is 2.38. The van der Waals surface area contributed by atoms with Crippen LogP contribution in [0, 0.1) is 0 Å². The zero-order valence-electron chi connectivity index (χ0n) is 7.28. The summed E-state index contributed by atoms with van der Waals surface area (Å²) in [6, 6.07) is -0.724. The first-order chi connectivity index (χ1) is 6.20. The van der Waals surface area contributed by atoms with E-state index < -0.39 is 6.04 Å². The molecule has 13 heavy (non-hydrogen) atoms. The molecular formula is C8H13ClN2O2. The fourth-order valence-electron chi connectivity index (χ4n) is 1.67. The molecule has 0 aromatic rings. The number of hydrogen-bond acceptors (Lipinski definition) is 3. The number of hydrogen-bond donors (Lipinski definition) is 1. The first-order valence-electron chi connectivity index (χ1n) is 4.27. The van der Waals surface area contributed by atoms with Gasteiger partial charge in [0.2, 0.25) is 5.91 Å².